The molecule has 0 aliphatic heterocycles. The normalized spacial score (nSPS) is 12.1. The molecule has 0 atom stereocenters. The monoisotopic (exact) mass is 328 g/mol. The third-order valence-corrected chi connectivity index (χ3v) is 2.94. The highest BCUT2D eigenvalue weighted by molar-refractivity contribution is 6.38. The zero-order valence-corrected chi connectivity index (χ0v) is 12.1. The number of oxime groups is 1. The first kappa shape index (κ1) is 17.2. The van der Waals surface area contributed by atoms with Crippen molar-refractivity contribution in [2.24, 2.45) is 5.16 Å². The molecular weight excluding hydrogens is 307 g/mol. The van der Waals surface area contributed by atoms with E-state index >= 15 is 0 Å². The van der Waals surface area contributed by atoms with Gasteiger partial charge in [-0.05, 0) is 13.8 Å². The molecule has 0 rings (SSSR count). The summed E-state index contributed by atoms with van der Waals surface area (Å²) in [5.74, 6) is -0.147. The van der Waals surface area contributed by atoms with Crippen molar-refractivity contribution in [1.82, 2.24) is 0 Å². The quantitative estimate of drug-likeness (QED) is 0.207. The van der Waals surface area contributed by atoms with E-state index in [0.29, 0.717) is 6.42 Å². The van der Waals surface area contributed by atoms with Crippen LogP contribution in [0, 0.1) is 0 Å². The lowest BCUT2D eigenvalue weighted by Crippen LogP contribution is -3.00. The first-order valence-corrected chi connectivity index (χ1v) is 5.04. The lowest BCUT2D eigenvalue weighted by molar-refractivity contribution is -0.905. The third-order valence-electron chi connectivity index (χ3n) is 2.94. The second kappa shape index (κ2) is 8.04. The van der Waals surface area contributed by atoms with Crippen LogP contribution in [0.15, 0.2) is 5.16 Å². The van der Waals surface area contributed by atoms with E-state index in [2.05, 4.69) is 26.1 Å². The zero-order chi connectivity index (χ0) is 11.2. The van der Waals surface area contributed by atoms with Crippen LogP contribution in [0.4, 0.5) is 0 Å². The molecule has 1 N–H and O–H groups in total. The van der Waals surface area contributed by atoms with E-state index < -0.39 is 0 Å². The summed E-state index contributed by atoms with van der Waals surface area (Å²) >= 11 is 0. The fourth-order valence-electron chi connectivity index (χ4n) is 1.21. The molecular formula is C10H21IN2O2. The highest BCUT2D eigenvalue weighted by atomic mass is 127. The molecule has 0 amide bonds. The van der Waals surface area contributed by atoms with Gasteiger partial charge >= 0.3 is 0 Å². The van der Waals surface area contributed by atoms with Crippen molar-refractivity contribution < 1.29 is 38.5 Å². The van der Waals surface area contributed by atoms with E-state index in [1.54, 1.807) is 0 Å². The number of Topliss-reactive ketones (excluding diaryl/α,β-unsaturated/α-hetero) is 1. The van der Waals surface area contributed by atoms with Crippen LogP contribution in [0.3, 0.4) is 0 Å². The lowest BCUT2D eigenvalue weighted by Gasteiger charge is -2.31. The predicted octanol–water partition coefficient (Wildman–Crippen LogP) is -1.71. The average Bonchev–Trinajstić information content (AvgIpc) is 2.18. The van der Waals surface area contributed by atoms with Gasteiger partial charge < -0.3 is 33.7 Å². The molecule has 0 aromatic carbocycles. The highest BCUT2D eigenvalue weighted by Crippen LogP contribution is 2.04. The van der Waals surface area contributed by atoms with Crippen LogP contribution in [-0.4, -0.2) is 47.9 Å². The largest absolute Gasteiger partial charge is 1.00 e. The number of carbonyl (C=O) groups is 1. The highest BCUT2D eigenvalue weighted by Gasteiger charge is 2.18. The summed E-state index contributed by atoms with van der Waals surface area (Å²) in [6.45, 7) is 8.55. The van der Waals surface area contributed by atoms with Crippen LogP contribution in [0.1, 0.15) is 27.2 Å². The lowest BCUT2D eigenvalue weighted by atomic mass is 10.2. The maximum Gasteiger partial charge on any atom is 0.177 e. The van der Waals surface area contributed by atoms with Gasteiger partial charge in [0.1, 0.15) is 5.71 Å². The van der Waals surface area contributed by atoms with Crippen molar-refractivity contribution in [3.8, 4) is 0 Å². The Balaban J connectivity index is 0. The fraction of sp³-hybridized carbons (Fsp3) is 0.800. The first-order chi connectivity index (χ1) is 6.49. The molecule has 0 unspecified atom stereocenters. The Morgan fingerprint density at radius 1 is 1.33 bits per heavy atom. The zero-order valence-electron chi connectivity index (χ0n) is 9.96. The van der Waals surface area contributed by atoms with Crippen LogP contribution in [0.2, 0.25) is 0 Å². The molecule has 0 radical (unpaired) electrons. The number of quaternary nitrogens is 1. The Bertz CT molecular complexity index is 225. The average molecular weight is 328 g/mol. The van der Waals surface area contributed by atoms with Crippen molar-refractivity contribution in [2.75, 3.05) is 26.7 Å². The van der Waals surface area contributed by atoms with E-state index in [1.807, 2.05) is 0 Å². The molecule has 0 heterocycles. The van der Waals surface area contributed by atoms with E-state index in [4.69, 9.17) is 5.21 Å². The van der Waals surface area contributed by atoms with Gasteiger partial charge in [0.2, 0.25) is 0 Å². The summed E-state index contributed by atoms with van der Waals surface area (Å²) in [5, 5.41) is 11.6. The third kappa shape index (κ3) is 6.09. The Kier molecular flexibility index (Phi) is 9.23. The molecule has 0 aromatic heterocycles. The summed E-state index contributed by atoms with van der Waals surface area (Å²) in [6.07, 6.45) is 0.546. The molecule has 0 aliphatic rings. The number of rotatable bonds is 6. The number of halogens is 1. The van der Waals surface area contributed by atoms with Crippen LogP contribution < -0.4 is 24.0 Å². The van der Waals surface area contributed by atoms with Gasteiger partial charge in [0.15, 0.2) is 5.78 Å². The Labute approximate surface area is 109 Å². The second-order valence-electron chi connectivity index (χ2n) is 3.83. The van der Waals surface area contributed by atoms with E-state index in [0.717, 1.165) is 24.1 Å². The van der Waals surface area contributed by atoms with Gasteiger partial charge in [-0.3, -0.25) is 4.79 Å². The number of hydrogen-bond acceptors (Lipinski definition) is 3. The minimum absolute atomic E-state index is 0. The van der Waals surface area contributed by atoms with Crippen LogP contribution in [0.25, 0.3) is 0 Å². The topological polar surface area (TPSA) is 49.7 Å². The molecule has 15 heavy (non-hydrogen) atoms. The molecule has 0 aliphatic carbocycles. The number of hydrogen-bond donors (Lipinski definition) is 1. The van der Waals surface area contributed by atoms with Gasteiger partial charge in [-0.2, -0.15) is 0 Å². The summed E-state index contributed by atoms with van der Waals surface area (Å²) in [7, 11) is 2.13. The summed E-state index contributed by atoms with van der Waals surface area (Å²) in [5.41, 5.74) is 0.274. The van der Waals surface area contributed by atoms with Crippen molar-refractivity contribution >= 4 is 11.5 Å². The van der Waals surface area contributed by atoms with Gasteiger partial charge in [-0.15, -0.1) is 0 Å². The Morgan fingerprint density at radius 3 is 2.07 bits per heavy atom. The molecule has 4 nitrogen and oxygen atoms in total. The van der Waals surface area contributed by atoms with Crippen LogP contribution in [-0.2, 0) is 4.79 Å². The van der Waals surface area contributed by atoms with E-state index in [9.17, 15) is 4.79 Å². The number of carbonyl (C=O) groups excluding carboxylic acids is 1. The van der Waals surface area contributed by atoms with Gasteiger partial charge in [-0.25, -0.2) is 0 Å². The van der Waals surface area contributed by atoms with Crippen molar-refractivity contribution in [1.29, 1.82) is 0 Å². The van der Waals surface area contributed by atoms with E-state index in [1.165, 1.54) is 6.92 Å². The molecule has 0 saturated carbocycles. The Hall–Kier alpha value is -0.170. The molecule has 5 heteroatoms. The molecule has 0 fully saturated rings. The minimum atomic E-state index is -0.147. The summed E-state index contributed by atoms with van der Waals surface area (Å²) < 4.78 is 0.895. The van der Waals surface area contributed by atoms with Crippen molar-refractivity contribution in [3.05, 3.63) is 0 Å². The smallest absolute Gasteiger partial charge is 0.177 e. The molecule has 0 aromatic rings. The van der Waals surface area contributed by atoms with Crippen molar-refractivity contribution in [3.63, 3.8) is 0 Å². The number of ketones is 1. The molecule has 0 spiro atoms. The second-order valence-corrected chi connectivity index (χ2v) is 3.83. The van der Waals surface area contributed by atoms with Gasteiger partial charge in [0.05, 0.1) is 26.7 Å². The Morgan fingerprint density at radius 2 is 1.80 bits per heavy atom. The summed E-state index contributed by atoms with van der Waals surface area (Å²) in [6, 6.07) is 0. The fourth-order valence-corrected chi connectivity index (χ4v) is 1.21. The first-order valence-electron chi connectivity index (χ1n) is 5.04. The standard InChI is InChI=1S/C10H20N2O2.HI/c1-5-12(4,6-2)8-7-10(11-14)9(3)13;/h5-8H2,1-4H3;1H. The maximum absolute atomic E-state index is 11.0. The maximum atomic E-state index is 11.0. The SMILES string of the molecule is CC[N+](C)(CC)CCC(=NO)C(C)=O.[I-]. The van der Waals surface area contributed by atoms with Crippen molar-refractivity contribution in [2.45, 2.75) is 27.2 Å². The number of nitrogens with zero attached hydrogens (tertiary/aromatic N) is 2. The predicted molar refractivity (Wildman–Crippen MR) is 56.7 cm³/mol. The van der Waals surface area contributed by atoms with Gasteiger partial charge in [-0.1, -0.05) is 5.16 Å². The minimum Gasteiger partial charge on any atom is -1.00 e. The van der Waals surface area contributed by atoms with Crippen LogP contribution >= 0.6 is 0 Å². The van der Waals surface area contributed by atoms with E-state index in [-0.39, 0.29) is 35.5 Å². The van der Waals surface area contributed by atoms with Gasteiger partial charge in [0.25, 0.3) is 0 Å². The molecule has 90 valence electrons. The molecule has 0 bridgehead atoms. The summed E-state index contributed by atoms with van der Waals surface area (Å²) in [4.78, 5) is 11.0. The molecule has 0 saturated heterocycles. The van der Waals surface area contributed by atoms with Gasteiger partial charge in [0, 0.05) is 13.3 Å². The van der Waals surface area contributed by atoms with Crippen LogP contribution in [0.5, 0.6) is 0 Å².